The zero-order valence-corrected chi connectivity index (χ0v) is 14.9. The van der Waals surface area contributed by atoms with Crippen molar-refractivity contribution in [2.24, 2.45) is 0 Å². The molecule has 2 heterocycles. The zero-order chi connectivity index (χ0) is 17.3. The fraction of sp³-hybridized carbons (Fsp3) is 0.316. The van der Waals surface area contributed by atoms with Gasteiger partial charge in [-0.25, -0.2) is 9.78 Å². The highest BCUT2D eigenvalue weighted by Gasteiger charge is 2.27. The van der Waals surface area contributed by atoms with E-state index in [2.05, 4.69) is 42.0 Å². The number of aromatic nitrogens is 2. The van der Waals surface area contributed by atoms with Crippen molar-refractivity contribution in [1.29, 1.82) is 0 Å². The molecule has 1 N–H and O–H groups in total. The smallest absolute Gasteiger partial charge is 0.356 e. The molecule has 3 rings (SSSR count). The molecule has 1 aliphatic heterocycles. The van der Waals surface area contributed by atoms with Gasteiger partial charge in [-0.3, -0.25) is 4.98 Å². The summed E-state index contributed by atoms with van der Waals surface area (Å²) < 4.78 is 0. The third kappa shape index (κ3) is 3.36. The van der Waals surface area contributed by atoms with E-state index in [4.69, 9.17) is 5.11 Å². The average molecular weight is 340 g/mol. The van der Waals surface area contributed by atoms with Gasteiger partial charge in [0.2, 0.25) is 0 Å². The van der Waals surface area contributed by atoms with E-state index in [0.717, 1.165) is 11.1 Å². The molecule has 0 unspecified atom stereocenters. The van der Waals surface area contributed by atoms with Crippen LogP contribution in [0.4, 0.5) is 0 Å². The van der Waals surface area contributed by atoms with Crippen molar-refractivity contribution in [3.05, 3.63) is 53.1 Å². The maximum atomic E-state index is 10.8. The lowest BCUT2D eigenvalue weighted by atomic mass is 9.80. The van der Waals surface area contributed by atoms with Gasteiger partial charge in [-0.15, -0.1) is 11.8 Å². The summed E-state index contributed by atoms with van der Waals surface area (Å²) in [6, 6.07) is 6.61. The number of aromatic carboxylic acids is 1. The quantitative estimate of drug-likeness (QED) is 0.891. The summed E-state index contributed by atoms with van der Waals surface area (Å²) in [5.74, 6) is 0.101. The highest BCUT2D eigenvalue weighted by atomic mass is 32.2. The van der Waals surface area contributed by atoms with E-state index in [1.54, 1.807) is 0 Å². The van der Waals surface area contributed by atoms with Crippen LogP contribution in [0.5, 0.6) is 0 Å². The Hall–Kier alpha value is -2.14. The van der Waals surface area contributed by atoms with Crippen molar-refractivity contribution in [3.63, 3.8) is 0 Å². The molecular formula is C19H20N2O2S. The Balaban J connectivity index is 1.92. The van der Waals surface area contributed by atoms with E-state index in [0.29, 0.717) is 5.69 Å². The van der Waals surface area contributed by atoms with Gasteiger partial charge >= 0.3 is 5.97 Å². The van der Waals surface area contributed by atoms with Gasteiger partial charge in [0.05, 0.1) is 18.1 Å². The van der Waals surface area contributed by atoms with Crippen molar-refractivity contribution in [2.45, 2.75) is 37.5 Å². The van der Waals surface area contributed by atoms with Crippen LogP contribution < -0.4 is 0 Å². The van der Waals surface area contributed by atoms with Crippen LogP contribution in [0.15, 0.2) is 35.5 Å². The fourth-order valence-electron chi connectivity index (χ4n) is 2.81. The molecule has 1 aliphatic rings. The number of thioether (sulfide) groups is 1. The SMILES string of the molecule is C/C(=C\c1cnc(C(=O)O)cn1)c1ccc2c(c1)C(C)(C)CCS2. The summed E-state index contributed by atoms with van der Waals surface area (Å²) in [4.78, 5) is 20.3. The molecule has 0 atom stereocenters. The highest BCUT2D eigenvalue weighted by molar-refractivity contribution is 7.99. The second-order valence-electron chi connectivity index (χ2n) is 6.65. The molecule has 0 spiro atoms. The molecule has 1 aromatic heterocycles. The third-order valence-corrected chi connectivity index (χ3v) is 5.48. The number of allylic oxidation sites excluding steroid dienone is 1. The maximum absolute atomic E-state index is 10.8. The molecular weight excluding hydrogens is 320 g/mol. The van der Waals surface area contributed by atoms with Crippen LogP contribution in [0, 0.1) is 0 Å². The predicted molar refractivity (Wildman–Crippen MR) is 97.3 cm³/mol. The molecule has 1 aromatic carbocycles. The first-order chi connectivity index (χ1) is 11.4. The van der Waals surface area contributed by atoms with E-state index >= 15 is 0 Å². The van der Waals surface area contributed by atoms with Crippen molar-refractivity contribution in [3.8, 4) is 0 Å². The largest absolute Gasteiger partial charge is 0.476 e. The molecule has 124 valence electrons. The van der Waals surface area contributed by atoms with E-state index in [1.165, 1.54) is 35.0 Å². The van der Waals surface area contributed by atoms with E-state index < -0.39 is 5.97 Å². The molecule has 0 aliphatic carbocycles. The molecule has 0 radical (unpaired) electrons. The normalized spacial score (nSPS) is 16.5. The third-order valence-electron chi connectivity index (χ3n) is 4.40. The molecule has 0 saturated heterocycles. The van der Waals surface area contributed by atoms with Gasteiger partial charge < -0.3 is 5.11 Å². The number of carbonyl (C=O) groups is 1. The Morgan fingerprint density at radius 2 is 2.08 bits per heavy atom. The first kappa shape index (κ1) is 16.7. The topological polar surface area (TPSA) is 63.1 Å². The summed E-state index contributed by atoms with van der Waals surface area (Å²) in [5, 5.41) is 8.88. The van der Waals surface area contributed by atoms with E-state index in [-0.39, 0.29) is 11.1 Å². The van der Waals surface area contributed by atoms with Crippen LogP contribution in [-0.4, -0.2) is 26.8 Å². The average Bonchev–Trinajstić information content (AvgIpc) is 2.55. The van der Waals surface area contributed by atoms with Gasteiger partial charge in [0, 0.05) is 4.90 Å². The Bertz CT molecular complexity index is 811. The molecule has 2 aromatic rings. The van der Waals surface area contributed by atoms with Crippen LogP contribution in [0.1, 0.15) is 54.5 Å². The first-order valence-corrected chi connectivity index (χ1v) is 8.87. The summed E-state index contributed by atoms with van der Waals surface area (Å²) in [6.07, 6.45) is 5.89. The van der Waals surface area contributed by atoms with Crippen molar-refractivity contribution >= 4 is 29.4 Å². The predicted octanol–water partition coefficient (Wildman–Crippen LogP) is 4.51. The summed E-state index contributed by atoms with van der Waals surface area (Å²) >= 11 is 1.92. The minimum atomic E-state index is -1.07. The monoisotopic (exact) mass is 340 g/mol. The van der Waals surface area contributed by atoms with Crippen molar-refractivity contribution < 1.29 is 9.90 Å². The minimum Gasteiger partial charge on any atom is -0.476 e. The van der Waals surface area contributed by atoms with Crippen molar-refractivity contribution in [2.75, 3.05) is 5.75 Å². The van der Waals surface area contributed by atoms with Crippen LogP contribution in [0.3, 0.4) is 0 Å². The number of nitrogens with zero attached hydrogens (tertiary/aromatic N) is 2. The number of rotatable bonds is 3. The molecule has 4 nitrogen and oxygen atoms in total. The molecule has 24 heavy (non-hydrogen) atoms. The van der Waals surface area contributed by atoms with Crippen LogP contribution in [0.25, 0.3) is 11.6 Å². The van der Waals surface area contributed by atoms with Gasteiger partial charge in [-0.05, 0) is 59.4 Å². The number of fused-ring (bicyclic) bond motifs is 1. The molecule has 0 fully saturated rings. The second-order valence-corrected chi connectivity index (χ2v) is 7.79. The second kappa shape index (κ2) is 6.40. The summed E-state index contributed by atoms with van der Waals surface area (Å²) in [6.45, 7) is 6.63. The maximum Gasteiger partial charge on any atom is 0.356 e. The number of hydrogen-bond acceptors (Lipinski definition) is 4. The molecule has 5 heteroatoms. The number of carboxylic acids is 1. The van der Waals surface area contributed by atoms with Gasteiger partial charge in [-0.1, -0.05) is 19.9 Å². The Kier molecular flexibility index (Phi) is 4.45. The van der Waals surface area contributed by atoms with Gasteiger partial charge in [-0.2, -0.15) is 0 Å². The van der Waals surface area contributed by atoms with Gasteiger partial charge in [0.1, 0.15) is 0 Å². The van der Waals surface area contributed by atoms with E-state index in [9.17, 15) is 4.79 Å². The Morgan fingerprint density at radius 3 is 2.75 bits per heavy atom. The Labute approximate surface area is 146 Å². The summed E-state index contributed by atoms with van der Waals surface area (Å²) in [5.41, 5.74) is 4.45. The lowest BCUT2D eigenvalue weighted by molar-refractivity contribution is 0.0690. The number of benzene rings is 1. The van der Waals surface area contributed by atoms with Gasteiger partial charge in [0.15, 0.2) is 5.69 Å². The first-order valence-electron chi connectivity index (χ1n) is 7.88. The summed E-state index contributed by atoms with van der Waals surface area (Å²) in [7, 11) is 0. The molecule has 0 amide bonds. The fourth-order valence-corrected chi connectivity index (χ4v) is 4.30. The molecule has 0 bridgehead atoms. The zero-order valence-electron chi connectivity index (χ0n) is 14.0. The number of hydrogen-bond donors (Lipinski definition) is 1. The standard InChI is InChI=1S/C19H20N2O2S/c1-12(8-14-10-21-16(11-20-14)18(22)23)13-4-5-17-15(9-13)19(2,3)6-7-24-17/h4-5,8-11H,6-7H2,1-3H3,(H,22,23)/b12-8+. The van der Waals surface area contributed by atoms with Crippen molar-refractivity contribution in [1.82, 2.24) is 9.97 Å². The lowest BCUT2D eigenvalue weighted by Crippen LogP contribution is -2.22. The number of carboxylic acid groups (broad SMARTS) is 1. The highest BCUT2D eigenvalue weighted by Crippen LogP contribution is 2.42. The van der Waals surface area contributed by atoms with Crippen LogP contribution in [0.2, 0.25) is 0 Å². The lowest BCUT2D eigenvalue weighted by Gasteiger charge is -2.32. The molecule has 0 saturated carbocycles. The minimum absolute atomic E-state index is 0.0441. The Morgan fingerprint density at radius 1 is 1.29 bits per heavy atom. The van der Waals surface area contributed by atoms with Gasteiger partial charge in [0.25, 0.3) is 0 Å². The van der Waals surface area contributed by atoms with E-state index in [1.807, 2.05) is 24.8 Å². The van der Waals surface area contributed by atoms with Crippen LogP contribution >= 0.6 is 11.8 Å². The van der Waals surface area contributed by atoms with Crippen LogP contribution in [-0.2, 0) is 5.41 Å².